The van der Waals surface area contributed by atoms with E-state index in [1.54, 1.807) is 36.0 Å². The monoisotopic (exact) mass is 381 g/mol. The van der Waals surface area contributed by atoms with Crippen molar-refractivity contribution in [2.75, 3.05) is 0 Å². The minimum absolute atomic E-state index is 0.231. The molecule has 4 heterocycles. The number of nitrogens with zero attached hydrogens (tertiary/aromatic N) is 2. The van der Waals surface area contributed by atoms with Crippen molar-refractivity contribution in [2.45, 2.75) is 18.7 Å². The molecule has 0 fully saturated rings. The molecule has 0 saturated carbocycles. The molecule has 3 atom stereocenters. The summed E-state index contributed by atoms with van der Waals surface area (Å²) in [4.78, 5) is 30.6. The van der Waals surface area contributed by atoms with Crippen molar-refractivity contribution in [1.82, 2.24) is 4.57 Å². The summed E-state index contributed by atoms with van der Waals surface area (Å²) in [6.45, 7) is 1.73. The van der Waals surface area contributed by atoms with Crippen molar-refractivity contribution < 1.29 is 13.9 Å². The third-order valence-electron chi connectivity index (χ3n) is 5.00. The van der Waals surface area contributed by atoms with Crippen LogP contribution >= 0.6 is 11.3 Å². The second kappa shape index (κ2) is 5.43. The Kier molecular flexibility index (Phi) is 3.23. The molecule has 0 spiro atoms. The molecule has 1 amide bonds. The van der Waals surface area contributed by atoms with Crippen LogP contribution in [0.5, 0.6) is 5.75 Å². The fraction of sp³-hybridized carbons (Fsp3) is 0.211. The molecule has 2 bridgehead atoms. The quantitative estimate of drug-likeness (QED) is 0.708. The number of benzene rings is 1. The number of fused-ring (bicyclic) bond motifs is 6. The van der Waals surface area contributed by atoms with Gasteiger partial charge in [-0.05, 0) is 25.1 Å². The number of rotatable bonds is 2. The number of para-hydroxylation sites is 1. The maximum absolute atomic E-state index is 13.2. The van der Waals surface area contributed by atoms with Crippen LogP contribution in [0.3, 0.4) is 0 Å². The number of ether oxygens (including phenoxy) is 1. The lowest BCUT2D eigenvalue weighted by Gasteiger charge is -2.44. The Labute approximate surface area is 157 Å². The van der Waals surface area contributed by atoms with Crippen molar-refractivity contribution in [3.05, 3.63) is 73.7 Å². The molecule has 2 aromatic heterocycles. The number of hydrogen-bond acceptors (Lipinski definition) is 6. The van der Waals surface area contributed by atoms with Gasteiger partial charge in [0.25, 0.3) is 5.56 Å². The highest BCUT2D eigenvalue weighted by atomic mass is 32.1. The molecule has 5 rings (SSSR count). The van der Waals surface area contributed by atoms with Crippen LogP contribution in [0.15, 0.2) is 56.9 Å². The first-order valence-corrected chi connectivity index (χ1v) is 9.23. The van der Waals surface area contributed by atoms with E-state index in [1.807, 2.05) is 24.3 Å². The van der Waals surface area contributed by atoms with Gasteiger partial charge in [0.15, 0.2) is 4.80 Å². The van der Waals surface area contributed by atoms with E-state index in [0.29, 0.717) is 20.8 Å². The summed E-state index contributed by atoms with van der Waals surface area (Å²) in [5, 5.41) is 0. The number of hydrogen-bond donors (Lipinski definition) is 1. The minimum atomic E-state index is -1.16. The van der Waals surface area contributed by atoms with Crippen molar-refractivity contribution in [3.8, 4) is 5.75 Å². The van der Waals surface area contributed by atoms with Gasteiger partial charge in [-0.1, -0.05) is 29.5 Å². The fourth-order valence-corrected chi connectivity index (χ4v) is 4.96. The maximum Gasteiger partial charge on any atom is 0.271 e. The SMILES string of the molecule is C[C@@]12N=c3s/c(=C\c4ccco4)c(=O)n3[C@H](c3ccccc3O1)[C@@H]2C(N)=O. The molecule has 3 aromatic rings. The Morgan fingerprint density at radius 1 is 1.33 bits per heavy atom. The predicted octanol–water partition coefficient (Wildman–Crippen LogP) is 0.764. The molecular formula is C19H15N3O4S. The Bertz CT molecular complexity index is 1240. The van der Waals surface area contributed by atoms with E-state index in [1.165, 1.54) is 11.3 Å². The average molecular weight is 381 g/mol. The van der Waals surface area contributed by atoms with E-state index < -0.39 is 23.6 Å². The molecule has 2 N–H and O–H groups in total. The normalized spacial score (nSPS) is 25.9. The Morgan fingerprint density at radius 2 is 2.15 bits per heavy atom. The number of furan rings is 1. The van der Waals surface area contributed by atoms with E-state index in [2.05, 4.69) is 4.99 Å². The number of carbonyl (C=O) groups excluding carboxylic acids is 1. The summed E-state index contributed by atoms with van der Waals surface area (Å²) < 4.78 is 13.4. The van der Waals surface area contributed by atoms with Gasteiger partial charge in [0, 0.05) is 11.6 Å². The lowest BCUT2D eigenvalue weighted by Crippen LogP contribution is -2.59. The van der Waals surface area contributed by atoms with Crippen LogP contribution in [0.1, 0.15) is 24.3 Å². The number of thiazole rings is 1. The van der Waals surface area contributed by atoms with Crippen LogP contribution in [0, 0.1) is 5.92 Å². The lowest BCUT2D eigenvalue weighted by molar-refractivity contribution is -0.133. The summed E-state index contributed by atoms with van der Waals surface area (Å²) in [7, 11) is 0. The maximum atomic E-state index is 13.2. The van der Waals surface area contributed by atoms with Crippen LogP contribution in [-0.2, 0) is 4.79 Å². The molecule has 2 aliphatic rings. The first-order chi connectivity index (χ1) is 13.0. The van der Waals surface area contributed by atoms with E-state index in [0.717, 1.165) is 5.56 Å². The van der Waals surface area contributed by atoms with Gasteiger partial charge in [-0.2, -0.15) is 0 Å². The third kappa shape index (κ3) is 2.23. The molecule has 27 heavy (non-hydrogen) atoms. The predicted molar refractivity (Wildman–Crippen MR) is 97.9 cm³/mol. The van der Waals surface area contributed by atoms with Gasteiger partial charge in [0.05, 0.1) is 16.8 Å². The lowest BCUT2D eigenvalue weighted by atomic mass is 9.81. The smallest absolute Gasteiger partial charge is 0.271 e. The molecule has 2 aliphatic heterocycles. The number of carbonyl (C=O) groups is 1. The zero-order valence-corrected chi connectivity index (χ0v) is 15.1. The molecule has 8 heteroatoms. The number of amides is 1. The van der Waals surface area contributed by atoms with E-state index in [-0.39, 0.29) is 5.56 Å². The van der Waals surface area contributed by atoms with Crippen LogP contribution < -0.4 is 25.4 Å². The first-order valence-electron chi connectivity index (χ1n) is 8.42. The van der Waals surface area contributed by atoms with Gasteiger partial charge in [-0.3, -0.25) is 14.2 Å². The number of nitrogens with two attached hydrogens (primary N) is 1. The Hall–Kier alpha value is -3.13. The largest absolute Gasteiger partial charge is 0.465 e. The molecular weight excluding hydrogens is 366 g/mol. The Balaban J connectivity index is 1.85. The topological polar surface area (TPSA) is 99.8 Å². The summed E-state index contributed by atoms with van der Waals surface area (Å²) in [5.74, 6) is -0.167. The molecule has 7 nitrogen and oxygen atoms in total. The molecule has 0 aliphatic carbocycles. The van der Waals surface area contributed by atoms with Crippen LogP contribution in [-0.4, -0.2) is 16.2 Å². The summed E-state index contributed by atoms with van der Waals surface area (Å²) in [6.07, 6.45) is 3.22. The van der Waals surface area contributed by atoms with Gasteiger partial charge in [-0.25, -0.2) is 4.99 Å². The summed E-state index contributed by atoms with van der Waals surface area (Å²) >= 11 is 1.24. The fourth-order valence-electron chi connectivity index (χ4n) is 3.88. The second-order valence-electron chi connectivity index (χ2n) is 6.72. The molecule has 0 saturated heterocycles. The van der Waals surface area contributed by atoms with Crippen molar-refractivity contribution in [3.63, 3.8) is 0 Å². The molecule has 0 unspecified atom stereocenters. The van der Waals surface area contributed by atoms with Gasteiger partial charge >= 0.3 is 0 Å². The highest BCUT2D eigenvalue weighted by Gasteiger charge is 2.54. The van der Waals surface area contributed by atoms with Gasteiger partial charge in [-0.15, -0.1) is 0 Å². The van der Waals surface area contributed by atoms with Crippen LogP contribution in [0.2, 0.25) is 0 Å². The zero-order valence-electron chi connectivity index (χ0n) is 14.3. The zero-order chi connectivity index (χ0) is 18.8. The highest BCUT2D eigenvalue weighted by Crippen LogP contribution is 2.46. The summed E-state index contributed by atoms with van der Waals surface area (Å²) in [6, 6.07) is 10.3. The highest BCUT2D eigenvalue weighted by molar-refractivity contribution is 7.07. The van der Waals surface area contributed by atoms with Crippen molar-refractivity contribution in [2.24, 2.45) is 16.6 Å². The first kappa shape index (κ1) is 16.1. The van der Waals surface area contributed by atoms with E-state index in [9.17, 15) is 9.59 Å². The van der Waals surface area contributed by atoms with E-state index in [4.69, 9.17) is 14.9 Å². The van der Waals surface area contributed by atoms with Crippen molar-refractivity contribution in [1.29, 1.82) is 0 Å². The minimum Gasteiger partial charge on any atom is -0.465 e. The number of aromatic nitrogens is 1. The Morgan fingerprint density at radius 3 is 2.89 bits per heavy atom. The molecule has 136 valence electrons. The molecule has 0 radical (unpaired) electrons. The van der Waals surface area contributed by atoms with Crippen molar-refractivity contribution >= 4 is 23.3 Å². The second-order valence-corrected chi connectivity index (χ2v) is 7.72. The summed E-state index contributed by atoms with van der Waals surface area (Å²) in [5.41, 5.74) is 5.07. The van der Waals surface area contributed by atoms with Crippen LogP contribution in [0.25, 0.3) is 6.08 Å². The van der Waals surface area contributed by atoms with Gasteiger partial charge < -0.3 is 14.9 Å². The average Bonchev–Trinajstić information content (AvgIpc) is 3.22. The molecule has 1 aromatic carbocycles. The van der Waals surface area contributed by atoms with Crippen LogP contribution in [0.4, 0.5) is 0 Å². The standard InChI is InChI=1S/C19H15N3O4S/c1-19-14(16(20)23)15(11-6-2-3-7-12(11)26-19)22-17(24)13(27-18(22)21-19)9-10-5-4-8-25-10/h2-9,14-15H,1H3,(H2,20,23)/b13-9-/t14-,15-,19-/m1/s1. The van der Waals surface area contributed by atoms with Gasteiger partial charge in [0.2, 0.25) is 11.6 Å². The third-order valence-corrected chi connectivity index (χ3v) is 5.99. The number of primary amides is 1. The van der Waals surface area contributed by atoms with Gasteiger partial charge in [0.1, 0.15) is 17.4 Å². The van der Waals surface area contributed by atoms with E-state index >= 15 is 0 Å².